The smallest absolute Gasteiger partial charge is 0.219 e. The second-order valence-corrected chi connectivity index (χ2v) is 3.81. The summed E-state index contributed by atoms with van der Waals surface area (Å²) in [7, 11) is 1.84. The van der Waals surface area contributed by atoms with Crippen molar-refractivity contribution in [3.8, 4) is 11.6 Å². The molecule has 0 amide bonds. The highest BCUT2D eigenvalue weighted by molar-refractivity contribution is 6.31. The summed E-state index contributed by atoms with van der Waals surface area (Å²) in [6.45, 7) is 0.600. The van der Waals surface area contributed by atoms with Crippen LogP contribution >= 0.6 is 11.6 Å². The van der Waals surface area contributed by atoms with E-state index in [1.54, 1.807) is 30.6 Å². The maximum Gasteiger partial charge on any atom is 0.219 e. The van der Waals surface area contributed by atoms with Gasteiger partial charge < -0.3 is 10.1 Å². The molecule has 0 aliphatic carbocycles. The van der Waals surface area contributed by atoms with Crippen LogP contribution in [0, 0.1) is 0 Å². The monoisotopic (exact) mass is 249 g/mol. The molecule has 0 radical (unpaired) electrons. The van der Waals surface area contributed by atoms with Crippen molar-refractivity contribution in [2.45, 2.75) is 6.54 Å². The largest absolute Gasteiger partial charge is 0.437 e. The van der Waals surface area contributed by atoms with Gasteiger partial charge in [-0.2, -0.15) is 0 Å². The third-order valence-corrected chi connectivity index (χ3v) is 2.44. The average Bonchev–Trinajstić information content (AvgIpc) is 2.35. The highest BCUT2D eigenvalue weighted by Crippen LogP contribution is 2.22. The highest BCUT2D eigenvalue weighted by Gasteiger charge is 2.04. The quantitative estimate of drug-likeness (QED) is 0.905. The van der Waals surface area contributed by atoms with Gasteiger partial charge in [0.25, 0.3) is 0 Å². The van der Waals surface area contributed by atoms with Gasteiger partial charge in [0.15, 0.2) is 0 Å². The van der Waals surface area contributed by atoms with E-state index in [1.807, 2.05) is 13.1 Å². The predicted octanol–water partition coefficient (Wildman–Crippen LogP) is 2.64. The van der Waals surface area contributed by atoms with E-state index in [1.165, 1.54) is 0 Å². The van der Waals surface area contributed by atoms with Gasteiger partial charge in [0.1, 0.15) is 5.75 Å². The van der Waals surface area contributed by atoms with Crippen LogP contribution in [-0.4, -0.2) is 17.0 Å². The van der Waals surface area contributed by atoms with Gasteiger partial charge in [-0.15, -0.1) is 0 Å². The Bertz CT molecular complexity index is 490. The maximum atomic E-state index is 6.01. The molecule has 4 nitrogen and oxygen atoms in total. The lowest BCUT2D eigenvalue weighted by atomic mass is 10.3. The summed E-state index contributed by atoms with van der Waals surface area (Å²) in [6.07, 6.45) is 3.32. The zero-order chi connectivity index (χ0) is 12.1. The number of ether oxygens (including phenoxy) is 1. The number of pyridine rings is 2. The first kappa shape index (κ1) is 11.8. The first-order valence-electron chi connectivity index (χ1n) is 5.17. The van der Waals surface area contributed by atoms with Crippen LogP contribution in [0.3, 0.4) is 0 Å². The lowest BCUT2D eigenvalue weighted by Gasteiger charge is -2.07. The molecule has 17 heavy (non-hydrogen) atoms. The third-order valence-electron chi connectivity index (χ3n) is 2.09. The van der Waals surface area contributed by atoms with Crippen molar-refractivity contribution in [1.82, 2.24) is 15.3 Å². The Hall–Kier alpha value is -1.65. The summed E-state index contributed by atoms with van der Waals surface area (Å²) in [5, 5.41) is 3.62. The van der Waals surface area contributed by atoms with E-state index in [-0.39, 0.29) is 0 Å². The topological polar surface area (TPSA) is 47.0 Å². The molecule has 88 valence electrons. The molecule has 0 aliphatic rings. The predicted molar refractivity (Wildman–Crippen MR) is 66.3 cm³/mol. The van der Waals surface area contributed by atoms with Crippen LogP contribution in [0.2, 0.25) is 5.02 Å². The molecule has 0 bridgehead atoms. The van der Waals surface area contributed by atoms with Crippen molar-refractivity contribution in [2.24, 2.45) is 0 Å². The molecule has 1 N–H and O–H groups in total. The SMILES string of the molecule is CNCc1nc(Oc2cccnc2)ccc1Cl. The van der Waals surface area contributed by atoms with Crippen LogP contribution < -0.4 is 10.1 Å². The molecule has 0 unspecified atom stereocenters. The number of hydrogen-bond acceptors (Lipinski definition) is 4. The van der Waals surface area contributed by atoms with Crippen LogP contribution in [0.5, 0.6) is 11.6 Å². The fourth-order valence-electron chi connectivity index (χ4n) is 1.34. The van der Waals surface area contributed by atoms with Crippen molar-refractivity contribution >= 4 is 11.6 Å². The Morgan fingerprint density at radius 3 is 2.94 bits per heavy atom. The molecule has 0 aromatic carbocycles. The minimum absolute atomic E-state index is 0.507. The molecular weight excluding hydrogens is 238 g/mol. The van der Waals surface area contributed by atoms with Gasteiger partial charge in [0.2, 0.25) is 5.88 Å². The minimum Gasteiger partial charge on any atom is -0.437 e. The van der Waals surface area contributed by atoms with Gasteiger partial charge in [-0.1, -0.05) is 11.6 Å². The Kier molecular flexibility index (Phi) is 3.90. The normalized spacial score (nSPS) is 10.2. The molecule has 0 aliphatic heterocycles. The maximum absolute atomic E-state index is 6.01. The lowest BCUT2D eigenvalue weighted by Crippen LogP contribution is -2.07. The van der Waals surface area contributed by atoms with Crippen LogP contribution in [0.25, 0.3) is 0 Å². The Balaban J connectivity index is 2.19. The second kappa shape index (κ2) is 5.61. The number of nitrogens with one attached hydrogen (secondary N) is 1. The highest BCUT2D eigenvalue weighted by atomic mass is 35.5. The molecule has 2 rings (SSSR count). The Morgan fingerprint density at radius 2 is 2.24 bits per heavy atom. The summed E-state index contributed by atoms with van der Waals surface area (Å²) in [4.78, 5) is 8.28. The van der Waals surface area contributed by atoms with E-state index in [4.69, 9.17) is 16.3 Å². The molecule has 2 aromatic heterocycles. The molecule has 2 heterocycles. The van der Waals surface area contributed by atoms with Crippen LogP contribution in [0.15, 0.2) is 36.7 Å². The molecule has 0 saturated heterocycles. The molecule has 2 aromatic rings. The van der Waals surface area contributed by atoms with Crippen molar-refractivity contribution in [3.63, 3.8) is 0 Å². The van der Waals surface area contributed by atoms with Crippen molar-refractivity contribution in [3.05, 3.63) is 47.4 Å². The molecule has 0 saturated carbocycles. The van der Waals surface area contributed by atoms with Crippen molar-refractivity contribution in [1.29, 1.82) is 0 Å². The van der Waals surface area contributed by atoms with Gasteiger partial charge in [0, 0.05) is 18.8 Å². The molecule has 0 atom stereocenters. The van der Waals surface area contributed by atoms with E-state index in [2.05, 4.69) is 15.3 Å². The number of aromatic nitrogens is 2. The number of hydrogen-bond donors (Lipinski definition) is 1. The van der Waals surface area contributed by atoms with Gasteiger partial charge in [-0.25, -0.2) is 4.98 Å². The van der Waals surface area contributed by atoms with Gasteiger partial charge in [-0.05, 0) is 25.2 Å². The van der Waals surface area contributed by atoms with Gasteiger partial charge in [0.05, 0.1) is 16.9 Å². The number of rotatable bonds is 4. The Labute approximate surface area is 105 Å². The summed E-state index contributed by atoms with van der Waals surface area (Å²) in [6, 6.07) is 7.13. The zero-order valence-electron chi connectivity index (χ0n) is 9.35. The van der Waals surface area contributed by atoms with E-state index >= 15 is 0 Å². The second-order valence-electron chi connectivity index (χ2n) is 3.40. The summed E-state index contributed by atoms with van der Waals surface area (Å²) < 4.78 is 5.56. The van der Waals surface area contributed by atoms with Crippen molar-refractivity contribution < 1.29 is 4.74 Å². The van der Waals surface area contributed by atoms with Gasteiger partial charge >= 0.3 is 0 Å². The van der Waals surface area contributed by atoms with Crippen LogP contribution in [-0.2, 0) is 6.54 Å². The first-order valence-corrected chi connectivity index (χ1v) is 5.55. The average molecular weight is 250 g/mol. The number of halogens is 1. The Morgan fingerprint density at radius 1 is 1.35 bits per heavy atom. The summed E-state index contributed by atoms with van der Waals surface area (Å²) in [5.41, 5.74) is 0.760. The summed E-state index contributed by atoms with van der Waals surface area (Å²) in [5.74, 6) is 1.16. The third kappa shape index (κ3) is 3.15. The minimum atomic E-state index is 0.507. The zero-order valence-corrected chi connectivity index (χ0v) is 10.1. The lowest BCUT2D eigenvalue weighted by molar-refractivity contribution is 0.458. The van der Waals surface area contributed by atoms with E-state index in [0.29, 0.717) is 23.2 Å². The van der Waals surface area contributed by atoms with Gasteiger partial charge in [-0.3, -0.25) is 4.98 Å². The molecule has 5 heteroatoms. The molecule has 0 spiro atoms. The van der Waals surface area contributed by atoms with Crippen LogP contribution in [0.4, 0.5) is 0 Å². The molecule has 0 fully saturated rings. The fourth-order valence-corrected chi connectivity index (χ4v) is 1.51. The summed E-state index contributed by atoms with van der Waals surface area (Å²) >= 11 is 6.01. The number of nitrogens with zero attached hydrogens (tertiary/aromatic N) is 2. The van der Waals surface area contributed by atoms with Crippen molar-refractivity contribution in [2.75, 3.05) is 7.05 Å². The van der Waals surface area contributed by atoms with E-state index in [9.17, 15) is 0 Å². The molecular formula is C12H12ClN3O. The first-order chi connectivity index (χ1) is 8.29. The fraction of sp³-hybridized carbons (Fsp3) is 0.167. The van der Waals surface area contributed by atoms with Crippen LogP contribution in [0.1, 0.15) is 5.69 Å². The van der Waals surface area contributed by atoms with E-state index < -0.39 is 0 Å². The van der Waals surface area contributed by atoms with E-state index in [0.717, 1.165) is 5.69 Å². The standard InChI is InChI=1S/C12H12ClN3O/c1-14-8-11-10(13)4-5-12(16-11)17-9-3-2-6-15-7-9/h2-7,14H,8H2,1H3.